The van der Waals surface area contributed by atoms with Crippen LogP contribution in [0.15, 0.2) is 24.3 Å². The molecular weight excluding hydrogens is 484 g/mol. The summed E-state index contributed by atoms with van der Waals surface area (Å²) in [5.74, 6) is -0.843. The standard InChI is InChI=1S/C25H34N4O8/c1-5-16-10-6-7-11-17(16)27-23(35)26-15-9-8-12-19(22(34)37-25(2,3)4)29-24(36)28-18(21(32)33)13-14-20(30)31/h1,6-7,10-11,18-19H,8-9,12-15H2,2-4H3,(H,30,31)(H,32,33)(H2,26,27,35)(H2,28,29,36). The van der Waals surface area contributed by atoms with E-state index >= 15 is 0 Å². The molecule has 202 valence electrons. The lowest BCUT2D eigenvalue weighted by atomic mass is 10.1. The van der Waals surface area contributed by atoms with Crippen LogP contribution in [-0.2, 0) is 19.1 Å². The predicted molar refractivity (Wildman–Crippen MR) is 135 cm³/mol. The smallest absolute Gasteiger partial charge is 0.329 e. The number of nitrogens with one attached hydrogen (secondary N) is 4. The number of carbonyl (C=O) groups excluding carboxylic acids is 3. The molecule has 4 amide bonds. The van der Waals surface area contributed by atoms with Gasteiger partial charge in [-0.2, -0.15) is 0 Å². The minimum absolute atomic E-state index is 0.151. The zero-order chi connectivity index (χ0) is 28.0. The Hall–Kier alpha value is -4.27. The maximum atomic E-state index is 12.6. The first-order chi connectivity index (χ1) is 17.3. The number of esters is 1. The molecule has 0 aliphatic carbocycles. The van der Waals surface area contributed by atoms with Crippen molar-refractivity contribution in [3.05, 3.63) is 29.8 Å². The van der Waals surface area contributed by atoms with Crippen molar-refractivity contribution in [3.63, 3.8) is 0 Å². The molecule has 37 heavy (non-hydrogen) atoms. The van der Waals surface area contributed by atoms with Gasteiger partial charge in [0.2, 0.25) is 0 Å². The fourth-order valence-electron chi connectivity index (χ4n) is 3.07. The first-order valence-corrected chi connectivity index (χ1v) is 11.7. The number of para-hydroxylation sites is 1. The third-order valence-corrected chi connectivity index (χ3v) is 4.78. The van der Waals surface area contributed by atoms with Crippen LogP contribution in [0.5, 0.6) is 0 Å². The van der Waals surface area contributed by atoms with Crippen LogP contribution >= 0.6 is 0 Å². The second-order valence-electron chi connectivity index (χ2n) is 9.09. The van der Waals surface area contributed by atoms with Crippen LogP contribution in [0.2, 0.25) is 0 Å². The molecule has 0 spiro atoms. The number of benzene rings is 1. The molecule has 0 aromatic heterocycles. The van der Waals surface area contributed by atoms with Crippen LogP contribution in [0.4, 0.5) is 15.3 Å². The quantitative estimate of drug-likeness (QED) is 0.130. The second kappa shape index (κ2) is 15.0. The van der Waals surface area contributed by atoms with Gasteiger partial charge in [-0.3, -0.25) is 4.79 Å². The molecule has 0 radical (unpaired) electrons. The van der Waals surface area contributed by atoms with Gasteiger partial charge in [-0.25, -0.2) is 19.2 Å². The van der Waals surface area contributed by atoms with E-state index in [4.69, 9.17) is 16.3 Å². The van der Waals surface area contributed by atoms with Crippen LogP contribution in [0, 0.1) is 12.3 Å². The van der Waals surface area contributed by atoms with Crippen molar-refractivity contribution in [1.29, 1.82) is 0 Å². The highest BCUT2D eigenvalue weighted by atomic mass is 16.6. The number of hydrogen-bond acceptors (Lipinski definition) is 6. The fraction of sp³-hybridized carbons (Fsp3) is 0.480. The normalized spacial score (nSPS) is 12.3. The molecule has 1 aromatic rings. The van der Waals surface area contributed by atoms with Crippen molar-refractivity contribution in [2.24, 2.45) is 0 Å². The largest absolute Gasteiger partial charge is 0.481 e. The highest BCUT2D eigenvalue weighted by Crippen LogP contribution is 2.14. The van der Waals surface area contributed by atoms with Crippen LogP contribution in [-0.4, -0.2) is 64.4 Å². The summed E-state index contributed by atoms with van der Waals surface area (Å²) < 4.78 is 5.34. The number of aliphatic carboxylic acids is 2. The van der Waals surface area contributed by atoms with Crippen molar-refractivity contribution < 1.29 is 38.9 Å². The van der Waals surface area contributed by atoms with Crippen LogP contribution in [0.3, 0.4) is 0 Å². The van der Waals surface area contributed by atoms with E-state index in [9.17, 15) is 29.1 Å². The van der Waals surface area contributed by atoms with Gasteiger partial charge in [0.05, 0.1) is 5.69 Å². The average Bonchev–Trinajstić information content (AvgIpc) is 2.79. The Morgan fingerprint density at radius 3 is 2.22 bits per heavy atom. The number of rotatable bonds is 13. The molecule has 1 aromatic carbocycles. The Morgan fingerprint density at radius 1 is 0.973 bits per heavy atom. The topological polar surface area (TPSA) is 183 Å². The van der Waals surface area contributed by atoms with Gasteiger partial charge >= 0.3 is 30.0 Å². The van der Waals surface area contributed by atoms with Gasteiger partial charge in [0.15, 0.2) is 0 Å². The van der Waals surface area contributed by atoms with E-state index in [2.05, 4.69) is 27.2 Å². The van der Waals surface area contributed by atoms with Gasteiger partial charge in [0.25, 0.3) is 0 Å². The Balaban J connectivity index is 2.63. The van der Waals surface area contributed by atoms with Crippen molar-refractivity contribution >= 4 is 35.7 Å². The summed E-state index contributed by atoms with van der Waals surface area (Å²) in [5, 5.41) is 27.9. The minimum Gasteiger partial charge on any atom is -0.481 e. The minimum atomic E-state index is -1.45. The van der Waals surface area contributed by atoms with Crippen molar-refractivity contribution in [3.8, 4) is 12.3 Å². The van der Waals surface area contributed by atoms with E-state index in [1.54, 1.807) is 45.0 Å². The van der Waals surface area contributed by atoms with Crippen LogP contribution in [0.25, 0.3) is 0 Å². The molecule has 0 aliphatic heterocycles. The lowest BCUT2D eigenvalue weighted by molar-refractivity contribution is -0.157. The summed E-state index contributed by atoms with van der Waals surface area (Å²) in [6.07, 6.45) is 5.65. The lowest BCUT2D eigenvalue weighted by Gasteiger charge is -2.25. The Morgan fingerprint density at radius 2 is 1.62 bits per heavy atom. The van der Waals surface area contributed by atoms with Gasteiger partial charge in [-0.15, -0.1) is 6.42 Å². The summed E-state index contributed by atoms with van der Waals surface area (Å²) in [4.78, 5) is 59.2. The number of terminal acetylenes is 1. The number of urea groups is 2. The first-order valence-electron chi connectivity index (χ1n) is 11.7. The third-order valence-electron chi connectivity index (χ3n) is 4.78. The molecule has 0 heterocycles. The fourth-order valence-corrected chi connectivity index (χ4v) is 3.07. The lowest BCUT2D eigenvalue weighted by Crippen LogP contribution is -2.52. The van der Waals surface area contributed by atoms with Crippen LogP contribution < -0.4 is 21.3 Å². The molecule has 6 N–H and O–H groups in total. The maximum absolute atomic E-state index is 12.6. The van der Waals surface area contributed by atoms with Crippen LogP contribution in [0.1, 0.15) is 58.4 Å². The van der Waals surface area contributed by atoms with E-state index in [0.717, 1.165) is 0 Å². The summed E-state index contributed by atoms with van der Waals surface area (Å²) in [5.41, 5.74) is 0.202. The van der Waals surface area contributed by atoms with Gasteiger partial charge in [0, 0.05) is 18.5 Å². The predicted octanol–water partition coefficient (Wildman–Crippen LogP) is 2.29. The number of carboxylic acids is 2. The maximum Gasteiger partial charge on any atom is 0.329 e. The average molecular weight is 519 g/mol. The van der Waals surface area contributed by atoms with Gasteiger partial charge in [-0.1, -0.05) is 18.1 Å². The molecule has 2 atom stereocenters. The Kier molecular flexibility index (Phi) is 12.5. The van der Waals surface area contributed by atoms with E-state index in [-0.39, 0.29) is 19.4 Å². The van der Waals surface area contributed by atoms with Gasteiger partial charge in [0.1, 0.15) is 17.7 Å². The molecule has 0 saturated carbocycles. The SMILES string of the molecule is C#Cc1ccccc1NC(=O)NCCCCC(NC(=O)NC(CCC(=O)O)C(=O)O)C(=O)OC(C)(C)C. The third kappa shape index (κ3) is 12.8. The molecule has 0 saturated heterocycles. The molecule has 2 unspecified atom stereocenters. The van der Waals surface area contributed by atoms with Crippen molar-refractivity contribution in [2.45, 2.75) is 70.6 Å². The van der Waals surface area contributed by atoms with E-state index < -0.39 is 54.1 Å². The second-order valence-corrected chi connectivity index (χ2v) is 9.09. The number of amides is 4. The highest BCUT2D eigenvalue weighted by molar-refractivity contribution is 5.90. The number of unbranched alkanes of at least 4 members (excludes halogenated alkanes) is 1. The van der Waals surface area contributed by atoms with Gasteiger partial charge in [-0.05, 0) is 58.6 Å². The number of ether oxygens (including phenoxy) is 1. The van der Waals surface area contributed by atoms with E-state index in [0.29, 0.717) is 24.1 Å². The summed E-state index contributed by atoms with van der Waals surface area (Å²) in [6, 6.07) is 2.92. The Bertz CT molecular complexity index is 1010. The zero-order valence-electron chi connectivity index (χ0n) is 21.1. The van der Waals surface area contributed by atoms with E-state index in [1.165, 1.54) is 0 Å². The Labute approximate surface area is 215 Å². The van der Waals surface area contributed by atoms with Crippen molar-refractivity contribution in [1.82, 2.24) is 16.0 Å². The molecule has 12 heteroatoms. The van der Waals surface area contributed by atoms with Gasteiger partial charge < -0.3 is 36.2 Å². The molecule has 0 bridgehead atoms. The highest BCUT2D eigenvalue weighted by Gasteiger charge is 2.28. The molecule has 0 aliphatic rings. The number of anilines is 1. The zero-order valence-corrected chi connectivity index (χ0v) is 21.1. The molecule has 0 fully saturated rings. The summed E-state index contributed by atoms with van der Waals surface area (Å²) in [6.45, 7) is 5.26. The molecule has 1 rings (SSSR count). The number of carboxylic acid groups (broad SMARTS) is 2. The first kappa shape index (κ1) is 30.8. The number of carbonyl (C=O) groups is 5. The summed E-state index contributed by atoms with van der Waals surface area (Å²) >= 11 is 0. The summed E-state index contributed by atoms with van der Waals surface area (Å²) in [7, 11) is 0. The monoisotopic (exact) mass is 518 g/mol. The number of hydrogen-bond donors (Lipinski definition) is 6. The van der Waals surface area contributed by atoms with E-state index in [1.807, 2.05) is 0 Å². The van der Waals surface area contributed by atoms with Crippen molar-refractivity contribution in [2.75, 3.05) is 11.9 Å². The molecular formula is C25H34N4O8. The molecule has 12 nitrogen and oxygen atoms in total.